The van der Waals surface area contributed by atoms with Gasteiger partial charge < -0.3 is 15.2 Å². The van der Waals surface area contributed by atoms with E-state index in [9.17, 15) is 22.8 Å². The third-order valence-corrected chi connectivity index (χ3v) is 3.55. The van der Waals surface area contributed by atoms with Crippen LogP contribution in [0.15, 0.2) is 36.5 Å². The van der Waals surface area contributed by atoms with Gasteiger partial charge in [-0.2, -0.15) is 13.2 Å². The van der Waals surface area contributed by atoms with Crippen LogP contribution < -0.4 is 10.1 Å². The molecule has 0 aliphatic rings. The van der Waals surface area contributed by atoms with Gasteiger partial charge in [0.1, 0.15) is 6.04 Å². The van der Waals surface area contributed by atoms with Crippen molar-refractivity contribution in [3.8, 4) is 17.0 Å². The molecule has 1 atom stereocenters. The number of aliphatic carboxylic acids is 1. The van der Waals surface area contributed by atoms with Crippen LogP contribution in [-0.2, 0) is 11.0 Å². The van der Waals surface area contributed by atoms with Gasteiger partial charge >= 0.3 is 12.1 Å². The van der Waals surface area contributed by atoms with E-state index in [1.54, 1.807) is 0 Å². The standard InChI is InChI=1S/C17H15F3N2O4/c1-9(16(24)25)22-14(23)11-7-13(15(26-2)21-8-11)10-3-5-12(6-4-10)17(18,19)20/h3-9H,1-2H3,(H,22,23)(H,24,25). The Kier molecular flexibility index (Phi) is 5.49. The first-order valence-electron chi connectivity index (χ1n) is 7.39. The summed E-state index contributed by atoms with van der Waals surface area (Å²) >= 11 is 0. The summed E-state index contributed by atoms with van der Waals surface area (Å²) in [6.45, 7) is 1.30. The first-order chi connectivity index (χ1) is 12.1. The molecule has 1 heterocycles. The van der Waals surface area contributed by atoms with E-state index < -0.39 is 29.7 Å². The highest BCUT2D eigenvalue weighted by atomic mass is 19.4. The van der Waals surface area contributed by atoms with Gasteiger partial charge in [-0.05, 0) is 30.7 Å². The number of nitrogens with one attached hydrogen (secondary N) is 1. The normalized spacial score (nSPS) is 12.3. The van der Waals surface area contributed by atoms with Crippen molar-refractivity contribution < 1.29 is 32.6 Å². The molecule has 0 aliphatic heterocycles. The lowest BCUT2D eigenvalue weighted by atomic mass is 10.0. The molecular formula is C17H15F3N2O4. The number of carbonyl (C=O) groups is 2. The second-order valence-corrected chi connectivity index (χ2v) is 5.39. The highest BCUT2D eigenvalue weighted by Crippen LogP contribution is 2.33. The highest BCUT2D eigenvalue weighted by molar-refractivity contribution is 5.97. The fraction of sp³-hybridized carbons (Fsp3) is 0.235. The average molecular weight is 368 g/mol. The number of carboxylic acid groups (broad SMARTS) is 1. The number of amides is 1. The predicted octanol–water partition coefficient (Wildman–Crippen LogP) is 2.98. The molecule has 0 radical (unpaired) electrons. The third-order valence-electron chi connectivity index (χ3n) is 3.55. The number of methoxy groups -OCH3 is 1. The molecule has 0 saturated heterocycles. The van der Waals surface area contributed by atoms with Crippen LogP contribution >= 0.6 is 0 Å². The second kappa shape index (κ2) is 7.42. The Morgan fingerprint density at radius 1 is 1.23 bits per heavy atom. The third kappa shape index (κ3) is 4.29. The molecule has 1 aromatic heterocycles. The number of aromatic nitrogens is 1. The highest BCUT2D eigenvalue weighted by Gasteiger charge is 2.30. The van der Waals surface area contributed by atoms with Gasteiger partial charge in [0.05, 0.1) is 18.2 Å². The summed E-state index contributed by atoms with van der Waals surface area (Å²) in [6.07, 6.45) is -3.27. The van der Waals surface area contributed by atoms with E-state index in [2.05, 4.69) is 10.3 Å². The van der Waals surface area contributed by atoms with Crippen molar-refractivity contribution in [1.29, 1.82) is 0 Å². The maximum Gasteiger partial charge on any atom is 0.416 e. The van der Waals surface area contributed by atoms with Crippen LogP contribution in [-0.4, -0.2) is 35.1 Å². The molecule has 1 aromatic carbocycles. The zero-order valence-electron chi connectivity index (χ0n) is 13.8. The zero-order chi connectivity index (χ0) is 19.5. The van der Waals surface area contributed by atoms with Crippen molar-refractivity contribution in [2.24, 2.45) is 0 Å². The second-order valence-electron chi connectivity index (χ2n) is 5.39. The molecule has 1 amide bonds. The molecule has 2 N–H and O–H groups in total. The van der Waals surface area contributed by atoms with Crippen LogP contribution in [0.3, 0.4) is 0 Å². The van der Waals surface area contributed by atoms with Gasteiger partial charge in [-0.25, -0.2) is 4.98 Å². The molecule has 138 valence electrons. The van der Waals surface area contributed by atoms with Gasteiger partial charge in [-0.1, -0.05) is 12.1 Å². The number of hydrogen-bond acceptors (Lipinski definition) is 4. The van der Waals surface area contributed by atoms with Crippen LogP contribution in [0.1, 0.15) is 22.8 Å². The number of rotatable bonds is 5. The smallest absolute Gasteiger partial charge is 0.416 e. The topological polar surface area (TPSA) is 88.5 Å². The number of carboxylic acids is 1. The molecule has 0 bridgehead atoms. The molecule has 0 spiro atoms. The van der Waals surface area contributed by atoms with E-state index >= 15 is 0 Å². The summed E-state index contributed by atoms with van der Waals surface area (Å²) in [5, 5.41) is 11.1. The van der Waals surface area contributed by atoms with E-state index in [-0.39, 0.29) is 11.4 Å². The summed E-state index contributed by atoms with van der Waals surface area (Å²) in [5.74, 6) is -1.77. The first-order valence-corrected chi connectivity index (χ1v) is 7.39. The van der Waals surface area contributed by atoms with Crippen molar-refractivity contribution >= 4 is 11.9 Å². The van der Waals surface area contributed by atoms with Gasteiger partial charge in [0, 0.05) is 11.8 Å². The van der Waals surface area contributed by atoms with Crippen LogP contribution in [0, 0.1) is 0 Å². The van der Waals surface area contributed by atoms with Crippen LogP contribution in [0.2, 0.25) is 0 Å². The van der Waals surface area contributed by atoms with Crippen LogP contribution in [0.4, 0.5) is 13.2 Å². The van der Waals surface area contributed by atoms with Gasteiger partial charge in [-0.15, -0.1) is 0 Å². The minimum Gasteiger partial charge on any atom is -0.481 e. The quantitative estimate of drug-likeness (QED) is 0.847. The Bertz CT molecular complexity index is 820. The van der Waals surface area contributed by atoms with Gasteiger partial charge in [0.2, 0.25) is 5.88 Å². The lowest BCUT2D eigenvalue weighted by Crippen LogP contribution is -2.38. The van der Waals surface area contributed by atoms with Crippen molar-refractivity contribution in [1.82, 2.24) is 10.3 Å². The number of nitrogens with zero attached hydrogens (tertiary/aromatic N) is 1. The molecule has 0 aliphatic carbocycles. The molecule has 26 heavy (non-hydrogen) atoms. The van der Waals surface area contributed by atoms with E-state index in [1.807, 2.05) is 0 Å². The molecule has 9 heteroatoms. The van der Waals surface area contributed by atoms with Crippen LogP contribution in [0.5, 0.6) is 5.88 Å². The summed E-state index contributed by atoms with van der Waals surface area (Å²) < 4.78 is 43.2. The molecule has 1 unspecified atom stereocenters. The van der Waals surface area contributed by atoms with Crippen molar-refractivity contribution in [2.75, 3.05) is 7.11 Å². The fourth-order valence-electron chi connectivity index (χ4n) is 2.13. The summed E-state index contributed by atoms with van der Waals surface area (Å²) in [5.41, 5.74) is -0.0914. The molecular weight excluding hydrogens is 353 g/mol. The Labute approximate surface area is 146 Å². The van der Waals surface area contributed by atoms with Gasteiger partial charge in [0.15, 0.2) is 0 Å². The Balaban J connectivity index is 2.38. The van der Waals surface area contributed by atoms with Crippen molar-refractivity contribution in [3.63, 3.8) is 0 Å². The summed E-state index contributed by atoms with van der Waals surface area (Å²) in [4.78, 5) is 26.9. The maximum absolute atomic E-state index is 12.7. The number of pyridine rings is 1. The molecule has 0 fully saturated rings. The largest absolute Gasteiger partial charge is 0.481 e. The van der Waals surface area contributed by atoms with Crippen LogP contribution in [0.25, 0.3) is 11.1 Å². The molecule has 2 rings (SSSR count). The Hall–Kier alpha value is -3.10. The molecule has 2 aromatic rings. The maximum atomic E-state index is 12.7. The lowest BCUT2D eigenvalue weighted by Gasteiger charge is -2.13. The zero-order valence-corrected chi connectivity index (χ0v) is 13.8. The fourth-order valence-corrected chi connectivity index (χ4v) is 2.13. The summed E-state index contributed by atoms with van der Waals surface area (Å²) in [7, 11) is 1.34. The molecule has 6 nitrogen and oxygen atoms in total. The van der Waals surface area contributed by atoms with E-state index in [1.165, 1.54) is 38.4 Å². The van der Waals surface area contributed by atoms with E-state index in [0.717, 1.165) is 12.1 Å². The SMILES string of the molecule is COc1ncc(C(=O)NC(C)C(=O)O)cc1-c1ccc(C(F)(F)F)cc1. The Morgan fingerprint density at radius 3 is 2.35 bits per heavy atom. The monoisotopic (exact) mass is 368 g/mol. The minimum atomic E-state index is -4.46. The van der Waals surface area contributed by atoms with E-state index in [4.69, 9.17) is 9.84 Å². The van der Waals surface area contributed by atoms with Crippen molar-refractivity contribution in [3.05, 3.63) is 47.7 Å². The lowest BCUT2D eigenvalue weighted by molar-refractivity contribution is -0.139. The van der Waals surface area contributed by atoms with E-state index in [0.29, 0.717) is 11.1 Å². The predicted molar refractivity (Wildman–Crippen MR) is 85.8 cm³/mol. The number of hydrogen-bond donors (Lipinski definition) is 2. The van der Waals surface area contributed by atoms with Crippen molar-refractivity contribution in [2.45, 2.75) is 19.1 Å². The number of ether oxygens (including phenoxy) is 1. The Morgan fingerprint density at radius 2 is 1.85 bits per heavy atom. The summed E-state index contributed by atoms with van der Waals surface area (Å²) in [6, 6.07) is 4.56. The number of carbonyl (C=O) groups excluding carboxylic acids is 1. The minimum absolute atomic E-state index is 0.0498. The average Bonchev–Trinajstić information content (AvgIpc) is 2.60. The number of benzene rings is 1. The number of alkyl halides is 3. The van der Waals surface area contributed by atoms with Gasteiger partial charge in [0.25, 0.3) is 5.91 Å². The number of halogens is 3. The van der Waals surface area contributed by atoms with Gasteiger partial charge in [-0.3, -0.25) is 9.59 Å². The molecule has 0 saturated carbocycles. The first kappa shape index (κ1) is 19.2.